The molecule has 0 fully saturated rings. The van der Waals surface area contributed by atoms with E-state index in [-0.39, 0.29) is 13.2 Å². The zero-order chi connectivity index (χ0) is 11.9. The van der Waals surface area contributed by atoms with Crippen LogP contribution in [0.15, 0.2) is 0 Å². The first-order chi connectivity index (χ1) is 6.88. The van der Waals surface area contributed by atoms with Crippen LogP contribution in [-0.4, -0.2) is 42.8 Å². The molecule has 0 heterocycles. The quantitative estimate of drug-likeness (QED) is 0.537. The summed E-state index contributed by atoms with van der Waals surface area (Å²) >= 11 is 0. The number of carbonyl (C=O) groups is 2. The van der Waals surface area contributed by atoms with Crippen LogP contribution in [0, 0.1) is 0 Å². The van der Waals surface area contributed by atoms with Crippen molar-refractivity contribution in [2.24, 2.45) is 0 Å². The second kappa shape index (κ2) is 6.23. The van der Waals surface area contributed by atoms with Crippen LogP contribution in [0.5, 0.6) is 0 Å². The lowest BCUT2D eigenvalue weighted by Gasteiger charge is -2.07. The van der Waals surface area contributed by atoms with Gasteiger partial charge >= 0.3 is 12.1 Å². The Kier molecular flexibility index (Phi) is 5.68. The van der Waals surface area contributed by atoms with Crippen LogP contribution in [0.2, 0.25) is 0 Å². The van der Waals surface area contributed by atoms with Crippen molar-refractivity contribution in [3.63, 3.8) is 0 Å². The third-order valence-electron chi connectivity index (χ3n) is 1.32. The summed E-state index contributed by atoms with van der Waals surface area (Å²) in [7, 11) is 0. The largest absolute Gasteiger partial charge is 0.471 e. The Hall–Kier alpha value is -1.31. The Labute approximate surface area is 83.6 Å². The number of hydrogen-bond donors (Lipinski definition) is 3. The summed E-state index contributed by atoms with van der Waals surface area (Å²) in [5.41, 5.74) is 0. The molecule has 0 aliphatic heterocycles. The SMILES string of the molecule is O=C(CNC(=O)C(F)(F)F)NCCCO. The molecule has 15 heavy (non-hydrogen) atoms. The third kappa shape index (κ3) is 6.72. The molecule has 0 saturated carbocycles. The van der Waals surface area contributed by atoms with Crippen molar-refractivity contribution in [2.45, 2.75) is 12.6 Å². The molecule has 88 valence electrons. The zero-order valence-electron chi connectivity index (χ0n) is 7.73. The molecule has 0 atom stereocenters. The average Bonchev–Trinajstić information content (AvgIpc) is 2.13. The van der Waals surface area contributed by atoms with E-state index in [0.717, 1.165) is 0 Å². The van der Waals surface area contributed by atoms with Gasteiger partial charge in [-0.25, -0.2) is 0 Å². The summed E-state index contributed by atoms with van der Waals surface area (Å²) in [6, 6.07) is 0. The fourth-order valence-electron chi connectivity index (χ4n) is 0.630. The highest BCUT2D eigenvalue weighted by molar-refractivity contribution is 5.87. The fourth-order valence-corrected chi connectivity index (χ4v) is 0.630. The Morgan fingerprint density at radius 3 is 2.27 bits per heavy atom. The molecule has 0 aliphatic rings. The maximum Gasteiger partial charge on any atom is 0.471 e. The number of halogens is 3. The summed E-state index contributed by atoms with van der Waals surface area (Å²) in [5, 5.41) is 12.0. The Morgan fingerprint density at radius 2 is 1.80 bits per heavy atom. The Bertz CT molecular complexity index is 230. The molecule has 2 amide bonds. The van der Waals surface area contributed by atoms with Crippen molar-refractivity contribution < 1.29 is 27.9 Å². The monoisotopic (exact) mass is 228 g/mol. The lowest BCUT2D eigenvalue weighted by molar-refractivity contribution is -0.173. The molecule has 0 aromatic heterocycles. The average molecular weight is 228 g/mol. The van der Waals surface area contributed by atoms with Crippen molar-refractivity contribution in [3.05, 3.63) is 0 Å². The van der Waals surface area contributed by atoms with E-state index in [1.807, 2.05) is 0 Å². The van der Waals surface area contributed by atoms with Gasteiger partial charge in [0, 0.05) is 13.2 Å². The smallest absolute Gasteiger partial charge is 0.396 e. The van der Waals surface area contributed by atoms with Crippen LogP contribution < -0.4 is 10.6 Å². The van der Waals surface area contributed by atoms with E-state index in [1.54, 1.807) is 0 Å². The summed E-state index contributed by atoms with van der Waals surface area (Å²) in [6.07, 6.45) is -4.68. The van der Waals surface area contributed by atoms with E-state index in [4.69, 9.17) is 5.11 Å². The second-order valence-corrected chi connectivity index (χ2v) is 2.61. The number of hydrogen-bond acceptors (Lipinski definition) is 3. The molecule has 3 N–H and O–H groups in total. The molecular weight excluding hydrogens is 217 g/mol. The van der Waals surface area contributed by atoms with Crippen molar-refractivity contribution in [2.75, 3.05) is 19.7 Å². The molecule has 0 saturated heterocycles. The summed E-state index contributed by atoms with van der Waals surface area (Å²) < 4.78 is 34.9. The first-order valence-electron chi connectivity index (χ1n) is 4.10. The minimum Gasteiger partial charge on any atom is -0.396 e. The number of nitrogens with one attached hydrogen (secondary N) is 2. The molecule has 5 nitrogen and oxygen atoms in total. The van der Waals surface area contributed by atoms with Crippen molar-refractivity contribution >= 4 is 11.8 Å². The van der Waals surface area contributed by atoms with Gasteiger partial charge in [0.1, 0.15) is 0 Å². The normalized spacial score (nSPS) is 10.9. The highest BCUT2D eigenvalue weighted by Gasteiger charge is 2.38. The maximum absolute atomic E-state index is 11.6. The first kappa shape index (κ1) is 13.7. The number of aliphatic hydroxyl groups is 1. The van der Waals surface area contributed by atoms with Crippen molar-refractivity contribution in [1.82, 2.24) is 10.6 Å². The summed E-state index contributed by atoms with van der Waals surface area (Å²) in [4.78, 5) is 21.0. The van der Waals surface area contributed by atoms with Gasteiger partial charge in [-0.15, -0.1) is 0 Å². The molecule has 8 heteroatoms. The predicted molar refractivity (Wildman–Crippen MR) is 43.8 cm³/mol. The van der Waals surface area contributed by atoms with Gasteiger partial charge in [-0.2, -0.15) is 13.2 Å². The van der Waals surface area contributed by atoms with E-state index in [9.17, 15) is 22.8 Å². The predicted octanol–water partition coefficient (Wildman–Crippen LogP) is -0.837. The van der Waals surface area contributed by atoms with Gasteiger partial charge in [0.15, 0.2) is 0 Å². The molecular formula is C7H11F3N2O3. The van der Waals surface area contributed by atoms with E-state index >= 15 is 0 Å². The lowest BCUT2D eigenvalue weighted by atomic mass is 10.4. The van der Waals surface area contributed by atoms with E-state index in [0.29, 0.717) is 6.42 Å². The molecule has 0 bridgehead atoms. The van der Waals surface area contributed by atoms with Crippen LogP contribution in [0.25, 0.3) is 0 Å². The lowest BCUT2D eigenvalue weighted by Crippen LogP contribution is -2.43. The standard InChI is InChI=1S/C7H11F3N2O3/c8-7(9,10)6(15)12-4-5(14)11-2-1-3-13/h13H,1-4H2,(H,11,14)(H,12,15). The molecule has 0 spiro atoms. The first-order valence-corrected chi connectivity index (χ1v) is 4.10. The highest BCUT2D eigenvalue weighted by Crippen LogP contribution is 2.13. The number of amides is 2. The van der Waals surface area contributed by atoms with Gasteiger partial charge in [-0.3, -0.25) is 9.59 Å². The van der Waals surface area contributed by atoms with Gasteiger partial charge in [-0.05, 0) is 6.42 Å². The van der Waals surface area contributed by atoms with Crippen LogP contribution in [0.4, 0.5) is 13.2 Å². The summed E-state index contributed by atoms with van der Waals surface area (Å²) in [6.45, 7) is -0.712. The molecule has 0 aliphatic carbocycles. The number of aliphatic hydroxyl groups excluding tert-OH is 1. The zero-order valence-corrected chi connectivity index (χ0v) is 7.73. The Morgan fingerprint density at radius 1 is 1.20 bits per heavy atom. The second-order valence-electron chi connectivity index (χ2n) is 2.61. The van der Waals surface area contributed by atoms with E-state index < -0.39 is 24.5 Å². The third-order valence-corrected chi connectivity index (χ3v) is 1.32. The van der Waals surface area contributed by atoms with Gasteiger partial charge in [0.2, 0.25) is 5.91 Å². The minimum absolute atomic E-state index is 0.130. The maximum atomic E-state index is 11.6. The van der Waals surface area contributed by atoms with Gasteiger partial charge in [0.25, 0.3) is 0 Å². The topological polar surface area (TPSA) is 78.4 Å². The van der Waals surface area contributed by atoms with Crippen molar-refractivity contribution in [3.8, 4) is 0 Å². The van der Waals surface area contributed by atoms with Crippen LogP contribution in [-0.2, 0) is 9.59 Å². The fraction of sp³-hybridized carbons (Fsp3) is 0.714. The number of rotatable bonds is 5. The summed E-state index contributed by atoms with van der Waals surface area (Å²) in [5.74, 6) is -2.89. The van der Waals surface area contributed by atoms with Crippen LogP contribution in [0.3, 0.4) is 0 Å². The number of carbonyl (C=O) groups excluding carboxylic acids is 2. The Balaban J connectivity index is 3.67. The molecule has 0 radical (unpaired) electrons. The van der Waals surface area contributed by atoms with Gasteiger partial charge < -0.3 is 15.7 Å². The van der Waals surface area contributed by atoms with Crippen LogP contribution >= 0.6 is 0 Å². The molecule has 0 aromatic carbocycles. The molecule has 0 aromatic rings. The van der Waals surface area contributed by atoms with Gasteiger partial charge in [0.05, 0.1) is 6.54 Å². The van der Waals surface area contributed by atoms with E-state index in [1.165, 1.54) is 5.32 Å². The minimum atomic E-state index is -4.98. The molecule has 0 unspecified atom stereocenters. The van der Waals surface area contributed by atoms with Gasteiger partial charge in [-0.1, -0.05) is 0 Å². The van der Waals surface area contributed by atoms with Crippen molar-refractivity contribution in [1.29, 1.82) is 0 Å². The van der Waals surface area contributed by atoms with Crippen LogP contribution in [0.1, 0.15) is 6.42 Å². The molecule has 0 rings (SSSR count). The highest BCUT2D eigenvalue weighted by atomic mass is 19.4. The van der Waals surface area contributed by atoms with E-state index in [2.05, 4.69) is 5.32 Å². The number of alkyl halides is 3.